The van der Waals surface area contributed by atoms with Gasteiger partial charge in [0, 0.05) is 0 Å². The Morgan fingerprint density at radius 1 is 0.417 bits per heavy atom. The van der Waals surface area contributed by atoms with Crippen molar-refractivity contribution in [3.8, 4) is 0 Å². The predicted octanol–water partition coefficient (Wildman–Crippen LogP) is -5.35. The summed E-state index contributed by atoms with van der Waals surface area (Å²) in [6.07, 6.45) is 11.0. The number of unbranched alkanes of at least 4 members (excludes halogenated alkanes) is 4. The summed E-state index contributed by atoms with van der Waals surface area (Å²) in [6.45, 7) is 9.00. The Kier molecular flexibility index (Phi) is 119. The molecular weight excluding hydrogens is 611 g/mol. The van der Waals surface area contributed by atoms with Crippen LogP contribution in [-0.2, 0) is 40.8 Å². The van der Waals surface area contributed by atoms with Crippen LogP contribution in [0, 0.1) is 0 Å². The first-order chi connectivity index (χ1) is 8.83. The Balaban J connectivity index is -0.0000000284. The Bertz CT molecular complexity index is 115. The van der Waals surface area contributed by atoms with E-state index < -0.39 is 0 Å². The molecule has 0 saturated carbocycles. The van der Waals surface area contributed by atoms with Crippen LogP contribution >= 0.6 is 23.5 Å². The molecule has 0 aliphatic carbocycles. The van der Waals surface area contributed by atoms with Crippen LogP contribution in [0.15, 0.2) is 0 Å². The summed E-state index contributed by atoms with van der Waals surface area (Å²) in [6, 6.07) is 0. The van der Waals surface area contributed by atoms with Gasteiger partial charge in [-0.3, -0.25) is 0 Å². The van der Waals surface area contributed by atoms with Crippen molar-refractivity contribution < 1.29 is 90.5 Å². The van der Waals surface area contributed by atoms with E-state index in [9.17, 15) is 0 Å². The summed E-state index contributed by atoms with van der Waals surface area (Å²) < 4.78 is 0. The normalized spacial score (nSPS) is 7.50. The first-order valence-electron chi connectivity index (χ1n) is 7.98. The molecule has 24 heavy (non-hydrogen) atoms. The van der Waals surface area contributed by atoms with Gasteiger partial charge in [-0.15, -0.1) is 0 Å². The second-order valence-corrected chi connectivity index (χ2v) is 7.09. The van der Waals surface area contributed by atoms with E-state index >= 15 is 0 Å². The molecule has 160 valence electrons. The molecule has 0 fully saturated rings. The zero-order valence-corrected chi connectivity index (χ0v) is 23.2. The predicted molar refractivity (Wildman–Crippen MR) is 94.3 cm³/mol. The maximum atomic E-state index is 2.25. The molecule has 0 aliphatic rings. The summed E-state index contributed by atoms with van der Waals surface area (Å²) >= 11 is 4.20. The van der Waals surface area contributed by atoms with Gasteiger partial charge in [0.05, 0.1) is 0 Å². The van der Waals surface area contributed by atoms with Crippen molar-refractivity contribution in [3.63, 3.8) is 0 Å². The van der Waals surface area contributed by atoms with E-state index in [0.29, 0.717) is 0 Å². The van der Waals surface area contributed by atoms with Gasteiger partial charge in [-0.2, -0.15) is 23.5 Å². The summed E-state index contributed by atoms with van der Waals surface area (Å²) in [7, 11) is 0. The number of hydrogen-bond donors (Lipinski definition) is 0. The van der Waals surface area contributed by atoms with Gasteiger partial charge in [0.2, 0.25) is 0 Å². The van der Waals surface area contributed by atoms with Crippen LogP contribution in [0.3, 0.4) is 0 Å². The fraction of sp³-hybridized carbons (Fsp3) is 1.00. The summed E-state index contributed by atoms with van der Waals surface area (Å²) in [5.74, 6) is 5.49. The molecule has 0 nitrogen and oxygen atoms in total. The van der Waals surface area contributed by atoms with E-state index in [0.717, 1.165) is 0 Å². The summed E-state index contributed by atoms with van der Waals surface area (Å²) in [5.41, 5.74) is 0. The molecule has 0 atom stereocenters. The van der Waals surface area contributed by atoms with Crippen molar-refractivity contribution in [2.45, 2.75) is 79.1 Å². The Hall–Kier alpha value is 3.18. The molecule has 0 aromatic rings. The van der Waals surface area contributed by atoms with Crippen molar-refractivity contribution in [2.24, 2.45) is 0 Å². The molecule has 0 amide bonds. The molecule has 0 bridgehead atoms. The topological polar surface area (TPSA) is 0 Å². The third-order valence-electron chi connectivity index (χ3n) is 2.57. The molecule has 0 rings (SSSR count). The summed E-state index contributed by atoms with van der Waals surface area (Å²) in [5, 5.41) is 0. The van der Waals surface area contributed by atoms with Gasteiger partial charge in [-0.05, 0) is 48.7 Å². The molecule has 0 unspecified atom stereocenters. The molecule has 0 radical (unpaired) electrons. The van der Waals surface area contributed by atoms with Crippen molar-refractivity contribution >= 4 is 23.5 Å². The second-order valence-electron chi connectivity index (χ2n) is 4.64. The van der Waals surface area contributed by atoms with E-state index in [1.807, 2.05) is 0 Å². The average molecular weight is 647 g/mol. The van der Waals surface area contributed by atoms with Gasteiger partial charge in [-0.1, -0.05) is 53.4 Å². The van der Waals surface area contributed by atoms with Gasteiger partial charge in [-0.25, -0.2) is 0 Å². The van der Waals surface area contributed by atoms with E-state index in [1.54, 1.807) is 0 Å². The van der Waals surface area contributed by atoms with Crippen LogP contribution < -0.4 is 49.6 Å². The minimum Gasteiger partial charge on any atom is -1.00 e. The van der Waals surface area contributed by atoms with Crippen LogP contribution in [0.2, 0.25) is 0 Å². The SMILES string of the molecule is CCCCSCCCC.CCCCSCCCC.[Cl-].[Cl-].[Cl-].[Cl-].[Pd+2].[Pd+2]. The van der Waals surface area contributed by atoms with Gasteiger partial charge in [0.1, 0.15) is 0 Å². The smallest absolute Gasteiger partial charge is 1.00 e. The average Bonchev–Trinajstić information content (AvgIpc) is 2.39. The third kappa shape index (κ3) is 63.9. The quantitative estimate of drug-likeness (QED) is 0.154. The fourth-order valence-electron chi connectivity index (χ4n) is 1.19. The first kappa shape index (κ1) is 50.6. The number of thioether (sulfide) groups is 2. The Morgan fingerprint density at radius 3 is 0.708 bits per heavy atom. The van der Waals surface area contributed by atoms with Gasteiger partial charge in [0.15, 0.2) is 0 Å². The van der Waals surface area contributed by atoms with Gasteiger partial charge in [0.25, 0.3) is 0 Å². The van der Waals surface area contributed by atoms with E-state index in [4.69, 9.17) is 0 Å². The van der Waals surface area contributed by atoms with E-state index in [-0.39, 0.29) is 90.5 Å². The van der Waals surface area contributed by atoms with Crippen LogP contribution in [0.1, 0.15) is 79.1 Å². The van der Waals surface area contributed by atoms with E-state index in [2.05, 4.69) is 51.2 Å². The Labute approximate surface area is 214 Å². The van der Waals surface area contributed by atoms with Gasteiger partial charge >= 0.3 is 40.8 Å². The molecule has 0 aliphatic heterocycles. The largest absolute Gasteiger partial charge is 2.00 e. The van der Waals surface area contributed by atoms with E-state index in [1.165, 1.54) is 74.4 Å². The fourth-order valence-corrected chi connectivity index (χ4v) is 3.57. The molecule has 0 spiro atoms. The molecule has 8 heteroatoms. The van der Waals surface area contributed by atoms with Crippen molar-refractivity contribution in [2.75, 3.05) is 23.0 Å². The van der Waals surface area contributed by atoms with Crippen LogP contribution in [0.5, 0.6) is 0 Å². The minimum atomic E-state index is 0. The second kappa shape index (κ2) is 56.2. The monoisotopic (exact) mass is 644 g/mol. The van der Waals surface area contributed by atoms with Crippen LogP contribution in [-0.4, -0.2) is 23.0 Å². The Morgan fingerprint density at radius 2 is 0.583 bits per heavy atom. The minimum absolute atomic E-state index is 0. The third-order valence-corrected chi connectivity index (χ3v) is 4.88. The standard InChI is InChI=1S/2C8H18S.4ClH.2Pd/c2*1-3-5-7-9-8-6-4-2;;;;;;/h2*3-8H2,1-2H3;4*1H;;/q;;;;;;2*+2/p-4. The number of hydrogen-bond acceptors (Lipinski definition) is 2. The van der Waals surface area contributed by atoms with Crippen molar-refractivity contribution in [3.05, 3.63) is 0 Å². The zero-order chi connectivity index (χ0) is 13.9. The summed E-state index contributed by atoms with van der Waals surface area (Å²) in [4.78, 5) is 0. The molecule has 0 heterocycles. The molecule has 0 aromatic heterocycles. The maximum Gasteiger partial charge on any atom is 2.00 e. The molecule has 0 aromatic carbocycles. The first-order valence-corrected chi connectivity index (χ1v) is 10.3. The number of rotatable bonds is 12. The van der Waals surface area contributed by atoms with Gasteiger partial charge < -0.3 is 49.6 Å². The van der Waals surface area contributed by atoms with Crippen LogP contribution in [0.4, 0.5) is 0 Å². The molecule has 0 N–H and O–H groups in total. The molecule has 0 saturated heterocycles. The van der Waals surface area contributed by atoms with Crippen molar-refractivity contribution in [1.82, 2.24) is 0 Å². The van der Waals surface area contributed by atoms with Crippen LogP contribution in [0.25, 0.3) is 0 Å². The molecular formula is C16H36Cl4Pd2S2. The zero-order valence-electron chi connectivity index (χ0n) is 15.4. The number of halogens is 4. The van der Waals surface area contributed by atoms with Crippen molar-refractivity contribution in [1.29, 1.82) is 0 Å². The maximum absolute atomic E-state index is 2.25.